The minimum atomic E-state index is 0.538. The Morgan fingerprint density at radius 1 is 0.966 bits per heavy atom. The molecule has 6 heteroatoms. The van der Waals surface area contributed by atoms with Gasteiger partial charge >= 0.3 is 0 Å². The van der Waals surface area contributed by atoms with Gasteiger partial charge in [0.1, 0.15) is 17.9 Å². The van der Waals surface area contributed by atoms with Gasteiger partial charge in [0.15, 0.2) is 0 Å². The summed E-state index contributed by atoms with van der Waals surface area (Å²) in [5.74, 6) is 3.97. The summed E-state index contributed by atoms with van der Waals surface area (Å²) in [5, 5.41) is 0. The van der Waals surface area contributed by atoms with E-state index in [1.165, 1.54) is 37.8 Å². The predicted octanol–water partition coefficient (Wildman–Crippen LogP) is 3.55. The van der Waals surface area contributed by atoms with Gasteiger partial charge in [-0.05, 0) is 55.2 Å². The van der Waals surface area contributed by atoms with Crippen LogP contribution in [-0.4, -0.2) is 54.8 Å². The molecule has 0 saturated carbocycles. The molecule has 1 aromatic carbocycles. The van der Waals surface area contributed by atoms with Crippen LogP contribution in [0.15, 0.2) is 36.7 Å². The molecule has 5 rings (SSSR count). The van der Waals surface area contributed by atoms with Crippen molar-refractivity contribution in [3.05, 3.63) is 42.2 Å². The van der Waals surface area contributed by atoms with Gasteiger partial charge < -0.3 is 14.4 Å². The summed E-state index contributed by atoms with van der Waals surface area (Å²) in [6.07, 6.45) is 6.83. The van der Waals surface area contributed by atoms with Crippen molar-refractivity contribution in [2.45, 2.75) is 37.8 Å². The number of fused-ring (bicyclic) bond motifs is 4. The number of anilines is 1. The lowest BCUT2D eigenvalue weighted by molar-refractivity contribution is -0.0201. The second-order valence-electron chi connectivity index (χ2n) is 8.67. The topological polar surface area (TPSA) is 50.7 Å². The second-order valence-corrected chi connectivity index (χ2v) is 8.67. The van der Waals surface area contributed by atoms with E-state index in [0.717, 1.165) is 24.7 Å². The third-order valence-corrected chi connectivity index (χ3v) is 7.05. The highest BCUT2D eigenvalue weighted by Gasteiger charge is 2.45. The van der Waals surface area contributed by atoms with E-state index in [9.17, 15) is 0 Å². The van der Waals surface area contributed by atoms with Crippen LogP contribution in [0.5, 0.6) is 11.6 Å². The monoisotopic (exact) mass is 394 g/mol. The average Bonchev–Trinajstić information content (AvgIpc) is 2.79. The minimum absolute atomic E-state index is 0.538. The number of rotatable bonds is 4. The van der Waals surface area contributed by atoms with Crippen LogP contribution < -0.4 is 14.4 Å². The first kappa shape index (κ1) is 18.7. The zero-order chi connectivity index (χ0) is 19.8. The lowest BCUT2D eigenvalue weighted by Gasteiger charge is -2.55. The summed E-state index contributed by atoms with van der Waals surface area (Å²) in [5.41, 5.74) is 1.44. The van der Waals surface area contributed by atoms with Gasteiger partial charge in [-0.1, -0.05) is 12.1 Å². The Bertz CT molecular complexity index is 843. The van der Waals surface area contributed by atoms with E-state index < -0.39 is 0 Å². The largest absolute Gasteiger partial charge is 0.497 e. The molecular formula is C23H30N4O2. The molecule has 2 aromatic rings. The Hall–Kier alpha value is -2.34. The van der Waals surface area contributed by atoms with Gasteiger partial charge in [-0.25, -0.2) is 9.97 Å². The standard InChI is InChI=1S/C23H30N4O2/c1-28-19-8-6-17(7-9-19)20-4-3-5-21-18-10-16(13-27(20)21)12-26(14-18)22-11-23(29-2)25-15-24-22/h6-9,11,15-16,18,20-21H,3-5,10,12-14H2,1-2H3/t16-,18+,20+,21-/m0/s1. The van der Waals surface area contributed by atoms with Crippen LogP contribution in [0, 0.1) is 11.8 Å². The van der Waals surface area contributed by atoms with Crippen molar-refractivity contribution < 1.29 is 9.47 Å². The predicted molar refractivity (Wildman–Crippen MR) is 112 cm³/mol. The molecule has 154 valence electrons. The molecule has 6 nitrogen and oxygen atoms in total. The third-order valence-electron chi connectivity index (χ3n) is 7.05. The van der Waals surface area contributed by atoms with Crippen molar-refractivity contribution in [1.29, 1.82) is 0 Å². The number of hydrogen-bond donors (Lipinski definition) is 0. The maximum atomic E-state index is 5.36. The van der Waals surface area contributed by atoms with Crippen LogP contribution in [0.4, 0.5) is 5.82 Å². The summed E-state index contributed by atoms with van der Waals surface area (Å²) in [4.78, 5) is 14.0. The number of benzene rings is 1. The van der Waals surface area contributed by atoms with Gasteiger partial charge in [-0.15, -0.1) is 0 Å². The zero-order valence-electron chi connectivity index (χ0n) is 17.3. The zero-order valence-corrected chi connectivity index (χ0v) is 17.3. The molecule has 0 unspecified atom stereocenters. The molecular weight excluding hydrogens is 364 g/mol. The molecule has 3 aliphatic heterocycles. The number of methoxy groups -OCH3 is 2. The summed E-state index contributed by atoms with van der Waals surface area (Å²) in [6.45, 7) is 3.32. The lowest BCUT2D eigenvalue weighted by atomic mass is 9.74. The first-order valence-electron chi connectivity index (χ1n) is 10.8. The van der Waals surface area contributed by atoms with Crippen molar-refractivity contribution in [3.8, 4) is 11.6 Å². The van der Waals surface area contributed by atoms with Crippen LogP contribution >= 0.6 is 0 Å². The van der Waals surface area contributed by atoms with Crippen molar-refractivity contribution in [3.63, 3.8) is 0 Å². The molecule has 3 fully saturated rings. The molecule has 4 heterocycles. The number of hydrogen-bond acceptors (Lipinski definition) is 6. The number of nitrogens with zero attached hydrogens (tertiary/aromatic N) is 4. The van der Waals surface area contributed by atoms with Crippen LogP contribution in [-0.2, 0) is 0 Å². The Balaban J connectivity index is 1.36. The average molecular weight is 395 g/mol. The molecule has 0 N–H and O–H groups in total. The molecule has 0 radical (unpaired) electrons. The van der Waals surface area contributed by atoms with E-state index in [1.54, 1.807) is 20.5 Å². The minimum Gasteiger partial charge on any atom is -0.497 e. The summed E-state index contributed by atoms with van der Waals surface area (Å²) in [6, 6.07) is 11.9. The highest BCUT2D eigenvalue weighted by molar-refractivity contribution is 5.42. The van der Waals surface area contributed by atoms with Gasteiger partial charge in [0, 0.05) is 37.8 Å². The van der Waals surface area contributed by atoms with Gasteiger partial charge in [0.25, 0.3) is 0 Å². The highest BCUT2D eigenvalue weighted by atomic mass is 16.5. The van der Waals surface area contributed by atoms with Crippen molar-refractivity contribution in [2.24, 2.45) is 11.8 Å². The maximum absolute atomic E-state index is 5.36. The van der Waals surface area contributed by atoms with E-state index in [-0.39, 0.29) is 0 Å². The van der Waals surface area contributed by atoms with Crippen molar-refractivity contribution >= 4 is 5.82 Å². The highest BCUT2D eigenvalue weighted by Crippen LogP contribution is 2.45. The maximum Gasteiger partial charge on any atom is 0.218 e. The summed E-state index contributed by atoms with van der Waals surface area (Å²) in [7, 11) is 3.40. The summed E-state index contributed by atoms with van der Waals surface area (Å²) < 4.78 is 10.7. The quantitative estimate of drug-likeness (QED) is 0.791. The fourth-order valence-electron chi connectivity index (χ4n) is 5.79. The SMILES string of the molecule is COc1ccc([C@H]2CCC[C@H]3[C@@H]4C[C@@H](CN(c5cc(OC)ncn5)C4)CN23)cc1. The molecule has 3 aliphatic rings. The summed E-state index contributed by atoms with van der Waals surface area (Å²) >= 11 is 0. The van der Waals surface area contributed by atoms with Gasteiger partial charge in [-0.2, -0.15) is 0 Å². The second kappa shape index (κ2) is 7.82. The van der Waals surface area contributed by atoms with Crippen LogP contribution in [0.3, 0.4) is 0 Å². The van der Waals surface area contributed by atoms with Crippen molar-refractivity contribution in [1.82, 2.24) is 14.9 Å². The number of ether oxygens (including phenoxy) is 2. The number of aromatic nitrogens is 2. The molecule has 0 aliphatic carbocycles. The van der Waals surface area contributed by atoms with Gasteiger partial charge in [0.2, 0.25) is 5.88 Å². The fourth-order valence-corrected chi connectivity index (χ4v) is 5.79. The van der Waals surface area contributed by atoms with Crippen LogP contribution in [0.2, 0.25) is 0 Å². The first-order valence-corrected chi connectivity index (χ1v) is 10.8. The first-order chi connectivity index (χ1) is 14.2. The molecule has 2 bridgehead atoms. The third kappa shape index (κ3) is 3.54. The smallest absolute Gasteiger partial charge is 0.218 e. The van der Waals surface area contributed by atoms with E-state index in [4.69, 9.17) is 9.47 Å². The van der Waals surface area contributed by atoms with Crippen LogP contribution in [0.25, 0.3) is 0 Å². The van der Waals surface area contributed by atoms with Gasteiger partial charge in [0.05, 0.1) is 14.2 Å². The molecule has 0 amide bonds. The molecule has 1 aromatic heterocycles. The number of piperidine rings is 3. The Labute approximate surface area is 172 Å². The molecule has 29 heavy (non-hydrogen) atoms. The molecule has 3 saturated heterocycles. The normalized spacial score (nSPS) is 29.2. The van der Waals surface area contributed by atoms with E-state index in [1.807, 2.05) is 6.07 Å². The van der Waals surface area contributed by atoms with E-state index >= 15 is 0 Å². The molecule has 0 spiro atoms. The fraction of sp³-hybridized carbons (Fsp3) is 0.565. The van der Waals surface area contributed by atoms with Crippen molar-refractivity contribution in [2.75, 3.05) is 38.8 Å². The Morgan fingerprint density at radius 2 is 1.83 bits per heavy atom. The van der Waals surface area contributed by atoms with E-state index in [2.05, 4.69) is 44.0 Å². The van der Waals surface area contributed by atoms with Gasteiger partial charge in [-0.3, -0.25) is 4.90 Å². The molecule has 4 atom stereocenters. The Morgan fingerprint density at radius 3 is 2.62 bits per heavy atom. The van der Waals surface area contributed by atoms with E-state index in [0.29, 0.717) is 29.8 Å². The Kier molecular flexibility index (Phi) is 5.04. The van der Waals surface area contributed by atoms with Crippen LogP contribution in [0.1, 0.15) is 37.3 Å². The lowest BCUT2D eigenvalue weighted by Crippen LogP contribution is -2.59.